The van der Waals surface area contributed by atoms with Gasteiger partial charge in [-0.1, -0.05) is 48.5 Å². The molecule has 45 heavy (non-hydrogen) atoms. The number of fused-ring (bicyclic) bond motifs is 1. The van der Waals surface area contributed by atoms with Crippen molar-refractivity contribution in [1.29, 1.82) is 0 Å². The van der Waals surface area contributed by atoms with Crippen molar-refractivity contribution in [3.63, 3.8) is 0 Å². The van der Waals surface area contributed by atoms with Crippen molar-refractivity contribution in [3.8, 4) is 27.7 Å². The van der Waals surface area contributed by atoms with Gasteiger partial charge in [0, 0.05) is 30.1 Å². The lowest BCUT2D eigenvalue weighted by Gasteiger charge is -2.22. The Balaban J connectivity index is 1.73. The van der Waals surface area contributed by atoms with Crippen LogP contribution in [0.5, 0.6) is 17.2 Å². The van der Waals surface area contributed by atoms with Gasteiger partial charge >= 0.3 is 6.16 Å². The fourth-order valence-corrected chi connectivity index (χ4v) is 6.55. The van der Waals surface area contributed by atoms with E-state index in [1.807, 2.05) is 83.4 Å². The maximum Gasteiger partial charge on any atom is 0.514 e. The second-order valence-corrected chi connectivity index (χ2v) is 11.3. The van der Waals surface area contributed by atoms with Crippen molar-refractivity contribution in [2.24, 2.45) is 0 Å². The van der Waals surface area contributed by atoms with Gasteiger partial charge in [0.1, 0.15) is 16.3 Å². The summed E-state index contributed by atoms with van der Waals surface area (Å²) in [5, 5.41) is 10.4. The van der Waals surface area contributed by atoms with Gasteiger partial charge in [-0.3, -0.25) is 9.69 Å². The first-order chi connectivity index (χ1) is 21.9. The van der Waals surface area contributed by atoms with E-state index in [9.17, 15) is 14.7 Å². The summed E-state index contributed by atoms with van der Waals surface area (Å²) < 4.78 is 23.4. The van der Waals surface area contributed by atoms with Crippen molar-refractivity contribution in [3.05, 3.63) is 112 Å². The Bertz CT molecular complexity index is 1800. The highest BCUT2D eigenvalue weighted by Crippen LogP contribution is 2.40. The third kappa shape index (κ3) is 7.37. The highest BCUT2D eigenvalue weighted by Gasteiger charge is 2.25. The standard InChI is InChI=1S/C35H36N2O7S/c1-4-43-35(40)44-30-23-37(21-26-12-8-9-13-29(26)42-3)34-31(32(30)39)28(33(45-34)25-14-16-27(41-2)17-15-25)22-36(18-19-38)20-24-10-6-5-7-11-24/h5-17,23,38H,4,18-22H2,1-3H3. The number of carbonyl (C=O) groups is 1. The second kappa shape index (κ2) is 14.9. The maximum atomic E-state index is 14.2. The number of hydrogen-bond donors (Lipinski definition) is 1. The van der Waals surface area contributed by atoms with Crippen molar-refractivity contribution in [2.75, 3.05) is 34.0 Å². The zero-order valence-electron chi connectivity index (χ0n) is 25.5. The van der Waals surface area contributed by atoms with Crippen molar-refractivity contribution in [2.45, 2.75) is 26.6 Å². The highest BCUT2D eigenvalue weighted by molar-refractivity contribution is 7.22. The van der Waals surface area contributed by atoms with Gasteiger partial charge in [0.05, 0.1) is 45.6 Å². The SMILES string of the molecule is CCOC(=O)Oc1cn(Cc2ccccc2OC)c2sc(-c3ccc(OC)cc3)c(CN(CCO)Cc3ccccc3)c2c1=O. The van der Waals surface area contributed by atoms with E-state index in [0.717, 1.165) is 27.1 Å². The normalized spacial score (nSPS) is 11.1. The quantitative estimate of drug-likeness (QED) is 0.151. The number of aromatic nitrogens is 1. The molecule has 2 heterocycles. The number of carbonyl (C=O) groups excluding carboxylic acids is 1. The summed E-state index contributed by atoms with van der Waals surface area (Å²) in [6.45, 7) is 3.40. The van der Waals surface area contributed by atoms with Crippen LogP contribution in [-0.2, 0) is 24.4 Å². The number of benzene rings is 3. The van der Waals surface area contributed by atoms with Crippen LogP contribution in [0.3, 0.4) is 0 Å². The van der Waals surface area contributed by atoms with Gasteiger partial charge in [-0.15, -0.1) is 11.3 Å². The van der Waals surface area contributed by atoms with Gasteiger partial charge < -0.3 is 28.6 Å². The number of para-hydroxylation sites is 1. The maximum absolute atomic E-state index is 14.2. The molecule has 3 aromatic carbocycles. The van der Waals surface area contributed by atoms with E-state index < -0.39 is 11.6 Å². The second-order valence-electron chi connectivity index (χ2n) is 10.3. The summed E-state index contributed by atoms with van der Waals surface area (Å²) in [6.07, 6.45) is 0.609. The fraction of sp³-hybridized carbons (Fsp3) is 0.257. The van der Waals surface area contributed by atoms with Crippen molar-refractivity contribution >= 4 is 27.7 Å². The number of ether oxygens (including phenoxy) is 4. The lowest BCUT2D eigenvalue weighted by molar-refractivity contribution is 0.104. The topological polar surface area (TPSA) is 99.5 Å². The van der Waals surface area contributed by atoms with Crippen LogP contribution in [0.1, 0.15) is 23.6 Å². The predicted octanol–water partition coefficient (Wildman–Crippen LogP) is 6.33. The molecule has 0 atom stereocenters. The van der Waals surface area contributed by atoms with Gasteiger partial charge in [0.25, 0.3) is 0 Å². The van der Waals surface area contributed by atoms with Crippen LogP contribution in [0.25, 0.3) is 20.7 Å². The smallest absolute Gasteiger partial charge is 0.497 e. The van der Waals surface area contributed by atoms with E-state index in [0.29, 0.717) is 47.9 Å². The molecule has 0 spiro atoms. The Morgan fingerprint density at radius 2 is 1.64 bits per heavy atom. The van der Waals surface area contributed by atoms with E-state index in [2.05, 4.69) is 4.90 Å². The molecule has 234 valence electrons. The zero-order chi connectivity index (χ0) is 31.8. The molecule has 0 saturated heterocycles. The average molecular weight is 629 g/mol. The summed E-state index contributed by atoms with van der Waals surface area (Å²) in [5.74, 6) is 1.28. The van der Waals surface area contributed by atoms with Gasteiger partial charge in [-0.25, -0.2) is 4.79 Å². The third-order valence-corrected chi connectivity index (χ3v) is 8.68. The van der Waals surface area contributed by atoms with Gasteiger partial charge in [0.2, 0.25) is 5.43 Å². The molecule has 0 aliphatic carbocycles. The number of thiophene rings is 1. The lowest BCUT2D eigenvalue weighted by atomic mass is 10.0. The number of nitrogens with zero attached hydrogens (tertiary/aromatic N) is 2. The van der Waals surface area contributed by atoms with E-state index in [-0.39, 0.29) is 19.0 Å². The Morgan fingerprint density at radius 3 is 2.33 bits per heavy atom. The minimum absolute atomic E-state index is 0.0535. The minimum Gasteiger partial charge on any atom is -0.497 e. The number of hydrogen-bond acceptors (Lipinski definition) is 9. The van der Waals surface area contributed by atoms with E-state index >= 15 is 0 Å². The molecule has 0 aliphatic heterocycles. The van der Waals surface area contributed by atoms with Crippen LogP contribution >= 0.6 is 11.3 Å². The summed E-state index contributed by atoms with van der Waals surface area (Å²) in [5.41, 5.74) is 3.24. The van der Waals surface area contributed by atoms with Crippen molar-refractivity contribution in [1.82, 2.24) is 9.47 Å². The van der Waals surface area contributed by atoms with Crippen LogP contribution in [-0.4, -0.2) is 54.7 Å². The molecule has 9 nitrogen and oxygen atoms in total. The van der Waals surface area contributed by atoms with E-state index in [1.165, 1.54) is 11.3 Å². The number of methoxy groups -OCH3 is 2. The molecule has 2 aromatic heterocycles. The number of pyridine rings is 1. The molecule has 0 bridgehead atoms. The lowest BCUT2D eigenvalue weighted by Crippen LogP contribution is -2.27. The molecule has 0 amide bonds. The number of aliphatic hydroxyl groups excluding tert-OH is 1. The molecule has 0 saturated carbocycles. The molecule has 0 fully saturated rings. The molecule has 0 unspecified atom stereocenters. The van der Waals surface area contributed by atoms with Gasteiger partial charge in [0.15, 0.2) is 5.75 Å². The summed E-state index contributed by atoms with van der Waals surface area (Å²) >= 11 is 1.49. The van der Waals surface area contributed by atoms with Crippen LogP contribution < -0.4 is 19.6 Å². The van der Waals surface area contributed by atoms with Crippen LogP contribution in [0.4, 0.5) is 4.79 Å². The van der Waals surface area contributed by atoms with Crippen LogP contribution in [0.15, 0.2) is 89.9 Å². The zero-order valence-corrected chi connectivity index (χ0v) is 26.3. The van der Waals surface area contributed by atoms with Crippen LogP contribution in [0.2, 0.25) is 0 Å². The minimum atomic E-state index is -0.948. The predicted molar refractivity (Wildman–Crippen MR) is 175 cm³/mol. The Labute approximate surface area is 265 Å². The molecule has 0 aliphatic rings. The molecular formula is C35H36N2O7S. The molecule has 0 radical (unpaired) electrons. The van der Waals surface area contributed by atoms with E-state index in [1.54, 1.807) is 27.3 Å². The highest BCUT2D eigenvalue weighted by atomic mass is 32.1. The molecular weight excluding hydrogens is 592 g/mol. The largest absolute Gasteiger partial charge is 0.514 e. The summed E-state index contributed by atoms with van der Waals surface area (Å²) in [7, 11) is 3.23. The van der Waals surface area contributed by atoms with E-state index in [4.69, 9.17) is 18.9 Å². The Kier molecular flexibility index (Phi) is 10.5. The third-order valence-electron chi connectivity index (χ3n) is 7.36. The van der Waals surface area contributed by atoms with Gasteiger partial charge in [-0.05, 0) is 53.9 Å². The molecule has 5 aromatic rings. The van der Waals surface area contributed by atoms with Gasteiger partial charge in [-0.2, -0.15) is 0 Å². The number of aliphatic hydroxyl groups is 1. The molecule has 5 rings (SSSR count). The summed E-state index contributed by atoms with van der Waals surface area (Å²) in [6, 6.07) is 25.3. The molecule has 10 heteroatoms. The first kappa shape index (κ1) is 31.8. The first-order valence-corrected chi connectivity index (χ1v) is 15.4. The number of rotatable bonds is 13. The molecule has 1 N–H and O–H groups in total. The van der Waals surface area contributed by atoms with Crippen molar-refractivity contribution < 1.29 is 28.8 Å². The monoisotopic (exact) mass is 628 g/mol. The summed E-state index contributed by atoms with van der Waals surface area (Å²) in [4.78, 5) is 30.4. The average Bonchev–Trinajstić information content (AvgIpc) is 3.43. The first-order valence-electron chi connectivity index (χ1n) is 14.6. The van der Waals surface area contributed by atoms with Crippen LogP contribution in [0, 0.1) is 0 Å². The Morgan fingerprint density at radius 1 is 0.911 bits per heavy atom. The Hall–Kier alpha value is -4.64. The fourth-order valence-electron chi connectivity index (χ4n) is 5.26.